The van der Waals surface area contributed by atoms with Crippen LogP contribution in [0.1, 0.15) is 40.0 Å². The molecule has 0 aliphatic heterocycles. The molecule has 0 aromatic rings. The lowest BCUT2D eigenvalue weighted by molar-refractivity contribution is -0.142. The highest BCUT2D eigenvalue weighted by atomic mass is 16.6. The molecule has 0 amide bonds. The second-order valence-electron chi connectivity index (χ2n) is 5.83. The molecule has 2 unspecified atom stereocenters. The van der Waals surface area contributed by atoms with Gasteiger partial charge in [-0.3, -0.25) is 0 Å². The molecule has 16 heavy (non-hydrogen) atoms. The van der Waals surface area contributed by atoms with Gasteiger partial charge in [0.1, 0.15) is 0 Å². The molecule has 2 aliphatic rings. The van der Waals surface area contributed by atoms with Gasteiger partial charge in [-0.15, -0.1) is 0 Å². The third kappa shape index (κ3) is 1.60. The number of carboxylic acid groups (broad SMARTS) is 1. The van der Waals surface area contributed by atoms with E-state index < -0.39 is 5.97 Å². The molecule has 0 saturated heterocycles. The van der Waals surface area contributed by atoms with Gasteiger partial charge >= 0.3 is 5.97 Å². The van der Waals surface area contributed by atoms with E-state index in [4.69, 9.17) is 9.94 Å². The Balaban J connectivity index is 2.16. The van der Waals surface area contributed by atoms with Crippen molar-refractivity contribution < 1.29 is 14.7 Å². The van der Waals surface area contributed by atoms with Crippen LogP contribution in [0.2, 0.25) is 0 Å². The van der Waals surface area contributed by atoms with Gasteiger partial charge in [-0.1, -0.05) is 25.9 Å². The molecule has 2 rings (SSSR count). The van der Waals surface area contributed by atoms with Gasteiger partial charge in [-0.2, -0.15) is 0 Å². The summed E-state index contributed by atoms with van der Waals surface area (Å²) in [5, 5.41) is 12.6. The fourth-order valence-corrected chi connectivity index (χ4v) is 3.42. The summed E-state index contributed by atoms with van der Waals surface area (Å²) in [6.45, 7) is 6.24. The van der Waals surface area contributed by atoms with E-state index in [0.29, 0.717) is 5.92 Å². The SMILES string of the molecule is CC12CCC(C1)C(C)(C)C2=NOCC(=O)O. The lowest BCUT2D eigenvalue weighted by Gasteiger charge is -2.34. The van der Waals surface area contributed by atoms with Crippen LogP contribution in [0.25, 0.3) is 0 Å². The average Bonchev–Trinajstić information content (AvgIpc) is 2.62. The van der Waals surface area contributed by atoms with E-state index in [1.165, 1.54) is 6.42 Å². The second kappa shape index (κ2) is 3.47. The summed E-state index contributed by atoms with van der Waals surface area (Å²) >= 11 is 0. The summed E-state index contributed by atoms with van der Waals surface area (Å²) in [6.07, 6.45) is 3.56. The molecular weight excluding hydrogens is 206 g/mol. The van der Waals surface area contributed by atoms with Gasteiger partial charge in [-0.25, -0.2) is 4.79 Å². The van der Waals surface area contributed by atoms with Gasteiger partial charge in [0.25, 0.3) is 0 Å². The molecule has 1 N–H and O–H groups in total. The highest BCUT2D eigenvalue weighted by molar-refractivity contribution is 5.97. The van der Waals surface area contributed by atoms with Crippen LogP contribution in [-0.2, 0) is 9.63 Å². The van der Waals surface area contributed by atoms with E-state index in [9.17, 15) is 4.79 Å². The number of fused-ring (bicyclic) bond motifs is 2. The lowest BCUT2D eigenvalue weighted by Crippen LogP contribution is -2.36. The maximum absolute atomic E-state index is 10.4. The molecular formula is C12H19NO3. The zero-order chi connectivity index (χ0) is 12.0. The van der Waals surface area contributed by atoms with Crippen LogP contribution >= 0.6 is 0 Å². The van der Waals surface area contributed by atoms with Gasteiger partial charge in [0.2, 0.25) is 6.61 Å². The van der Waals surface area contributed by atoms with Gasteiger partial charge in [-0.05, 0) is 25.2 Å². The van der Waals surface area contributed by atoms with E-state index in [1.807, 2.05) is 0 Å². The molecule has 4 heteroatoms. The summed E-state index contributed by atoms with van der Waals surface area (Å²) in [5.74, 6) is -0.305. The van der Waals surface area contributed by atoms with Crippen LogP contribution < -0.4 is 0 Å². The minimum Gasteiger partial charge on any atom is -0.479 e. The quantitative estimate of drug-likeness (QED) is 0.750. The fourth-order valence-electron chi connectivity index (χ4n) is 3.42. The van der Waals surface area contributed by atoms with Crippen LogP contribution in [0, 0.1) is 16.7 Å². The molecule has 2 bridgehead atoms. The van der Waals surface area contributed by atoms with Crippen LogP contribution in [0.3, 0.4) is 0 Å². The molecule has 0 radical (unpaired) electrons. The second-order valence-corrected chi connectivity index (χ2v) is 5.83. The predicted molar refractivity (Wildman–Crippen MR) is 60.3 cm³/mol. The highest BCUT2D eigenvalue weighted by Crippen LogP contribution is 2.60. The maximum atomic E-state index is 10.4. The van der Waals surface area contributed by atoms with Crippen molar-refractivity contribution >= 4 is 11.7 Å². The summed E-state index contributed by atoms with van der Waals surface area (Å²) in [5.41, 5.74) is 1.25. The summed E-state index contributed by atoms with van der Waals surface area (Å²) in [6, 6.07) is 0. The first kappa shape index (κ1) is 11.4. The van der Waals surface area contributed by atoms with Gasteiger partial charge in [0.15, 0.2) is 0 Å². The summed E-state index contributed by atoms with van der Waals surface area (Å²) in [7, 11) is 0. The van der Waals surface area contributed by atoms with Crippen LogP contribution in [-0.4, -0.2) is 23.4 Å². The molecule has 90 valence electrons. The Hall–Kier alpha value is -1.06. The van der Waals surface area contributed by atoms with E-state index in [0.717, 1.165) is 18.6 Å². The Labute approximate surface area is 95.7 Å². The van der Waals surface area contributed by atoms with Gasteiger partial charge < -0.3 is 9.94 Å². The Morgan fingerprint density at radius 1 is 1.56 bits per heavy atom. The molecule has 2 aliphatic carbocycles. The van der Waals surface area contributed by atoms with E-state index >= 15 is 0 Å². The van der Waals surface area contributed by atoms with Crippen LogP contribution in [0.4, 0.5) is 0 Å². The molecule has 0 aromatic heterocycles. The van der Waals surface area contributed by atoms with Crippen molar-refractivity contribution in [2.24, 2.45) is 21.9 Å². The van der Waals surface area contributed by atoms with Crippen molar-refractivity contribution in [3.8, 4) is 0 Å². The van der Waals surface area contributed by atoms with Crippen molar-refractivity contribution in [2.75, 3.05) is 6.61 Å². The van der Waals surface area contributed by atoms with E-state index in [1.54, 1.807) is 0 Å². The third-order valence-corrected chi connectivity index (χ3v) is 4.29. The van der Waals surface area contributed by atoms with Crippen LogP contribution in [0.5, 0.6) is 0 Å². The number of hydrogen-bond donors (Lipinski definition) is 1. The number of carbonyl (C=O) groups is 1. The Morgan fingerprint density at radius 2 is 2.25 bits per heavy atom. The van der Waals surface area contributed by atoms with Crippen molar-refractivity contribution in [2.45, 2.75) is 40.0 Å². The molecule has 2 saturated carbocycles. The minimum absolute atomic E-state index is 0.0610. The van der Waals surface area contributed by atoms with Crippen LogP contribution in [0.15, 0.2) is 5.16 Å². The number of nitrogens with zero attached hydrogens (tertiary/aromatic N) is 1. The van der Waals surface area contributed by atoms with Crippen molar-refractivity contribution in [3.63, 3.8) is 0 Å². The fraction of sp³-hybridized carbons (Fsp3) is 0.833. The normalized spacial score (nSPS) is 37.9. The molecule has 0 aromatic carbocycles. The lowest BCUT2D eigenvalue weighted by atomic mass is 9.71. The van der Waals surface area contributed by atoms with Crippen molar-refractivity contribution in [1.29, 1.82) is 0 Å². The molecule has 0 spiro atoms. The molecule has 4 nitrogen and oxygen atoms in total. The number of rotatable bonds is 3. The average molecular weight is 225 g/mol. The van der Waals surface area contributed by atoms with Gasteiger partial charge in [0.05, 0.1) is 5.71 Å². The number of aliphatic carboxylic acids is 1. The Bertz CT molecular complexity index is 341. The third-order valence-electron chi connectivity index (χ3n) is 4.29. The molecule has 2 atom stereocenters. The largest absolute Gasteiger partial charge is 0.479 e. The summed E-state index contributed by atoms with van der Waals surface area (Å²) in [4.78, 5) is 15.3. The number of oxime groups is 1. The first-order valence-corrected chi connectivity index (χ1v) is 5.79. The predicted octanol–water partition coefficient (Wildman–Crippen LogP) is 2.29. The number of hydrogen-bond acceptors (Lipinski definition) is 3. The Morgan fingerprint density at radius 3 is 2.75 bits per heavy atom. The minimum atomic E-state index is -0.976. The highest BCUT2D eigenvalue weighted by Gasteiger charge is 2.57. The standard InChI is InChI=1S/C12H19NO3/c1-11(2)8-4-5-12(3,6-8)10(11)13-16-7-9(14)15/h8H,4-7H2,1-3H3,(H,14,15). The topological polar surface area (TPSA) is 58.9 Å². The van der Waals surface area contributed by atoms with E-state index in [-0.39, 0.29) is 17.4 Å². The van der Waals surface area contributed by atoms with Crippen molar-refractivity contribution in [1.82, 2.24) is 0 Å². The smallest absolute Gasteiger partial charge is 0.344 e. The maximum Gasteiger partial charge on any atom is 0.344 e. The first-order chi connectivity index (χ1) is 7.36. The van der Waals surface area contributed by atoms with Gasteiger partial charge in [0, 0.05) is 10.8 Å². The van der Waals surface area contributed by atoms with E-state index in [2.05, 4.69) is 25.9 Å². The zero-order valence-corrected chi connectivity index (χ0v) is 10.1. The Kier molecular flexibility index (Phi) is 2.48. The monoisotopic (exact) mass is 225 g/mol. The van der Waals surface area contributed by atoms with Crippen molar-refractivity contribution in [3.05, 3.63) is 0 Å². The molecule has 2 fully saturated rings. The first-order valence-electron chi connectivity index (χ1n) is 5.79. The zero-order valence-electron chi connectivity index (χ0n) is 10.1. The summed E-state index contributed by atoms with van der Waals surface area (Å²) < 4.78 is 0. The molecule has 0 heterocycles. The number of carboxylic acids is 1.